The third-order valence-corrected chi connectivity index (χ3v) is 2.81. The molecule has 100 valence electrons. The molecule has 0 aliphatic carbocycles. The third-order valence-electron chi connectivity index (χ3n) is 2.81. The molecule has 1 heterocycles. The molecule has 1 aliphatic rings. The summed E-state index contributed by atoms with van der Waals surface area (Å²) in [6, 6.07) is 0.427. The van der Waals surface area contributed by atoms with Gasteiger partial charge in [0.15, 0.2) is 0 Å². The van der Waals surface area contributed by atoms with Crippen molar-refractivity contribution in [3.05, 3.63) is 0 Å². The van der Waals surface area contributed by atoms with E-state index in [0.717, 1.165) is 26.1 Å². The Kier molecular flexibility index (Phi) is 5.25. The Bertz CT molecular complexity index is 248. The van der Waals surface area contributed by atoms with Crippen LogP contribution < -0.4 is 5.32 Å². The summed E-state index contributed by atoms with van der Waals surface area (Å²) in [4.78, 5) is 13.7. The Labute approximate surface area is 105 Å². The highest BCUT2D eigenvalue weighted by molar-refractivity contribution is 5.68. The fourth-order valence-electron chi connectivity index (χ4n) is 1.96. The van der Waals surface area contributed by atoms with Crippen molar-refractivity contribution in [3.8, 4) is 0 Å². The average molecular weight is 242 g/mol. The van der Waals surface area contributed by atoms with Crippen LogP contribution in [0.4, 0.5) is 4.79 Å². The Morgan fingerprint density at radius 2 is 2.18 bits per heavy atom. The standard InChI is InChI=1S/C13H26N2O2/c1-5-6-7-11-10-15(9-8-14-11)12(16)17-13(2,3)4/h11,14H,5-10H2,1-4H3. The summed E-state index contributed by atoms with van der Waals surface area (Å²) in [7, 11) is 0. The van der Waals surface area contributed by atoms with Crippen LogP contribution >= 0.6 is 0 Å². The number of carbonyl (C=O) groups excluding carboxylic acids is 1. The normalized spacial score (nSPS) is 21.4. The van der Waals surface area contributed by atoms with Crippen molar-refractivity contribution in [2.24, 2.45) is 0 Å². The highest BCUT2D eigenvalue weighted by Crippen LogP contribution is 2.13. The van der Waals surface area contributed by atoms with Crippen molar-refractivity contribution >= 4 is 6.09 Å². The van der Waals surface area contributed by atoms with Gasteiger partial charge in [-0.05, 0) is 27.2 Å². The van der Waals surface area contributed by atoms with Gasteiger partial charge in [0.2, 0.25) is 0 Å². The maximum atomic E-state index is 11.9. The molecule has 0 aromatic heterocycles. The van der Waals surface area contributed by atoms with E-state index in [-0.39, 0.29) is 6.09 Å². The summed E-state index contributed by atoms with van der Waals surface area (Å²) < 4.78 is 5.39. The lowest BCUT2D eigenvalue weighted by Crippen LogP contribution is -2.53. The molecule has 1 amide bonds. The summed E-state index contributed by atoms with van der Waals surface area (Å²) in [6.07, 6.45) is 3.36. The quantitative estimate of drug-likeness (QED) is 0.826. The lowest BCUT2D eigenvalue weighted by atomic mass is 10.1. The van der Waals surface area contributed by atoms with E-state index in [0.29, 0.717) is 6.04 Å². The number of hydrogen-bond acceptors (Lipinski definition) is 3. The summed E-state index contributed by atoms with van der Waals surface area (Å²) in [5.41, 5.74) is -0.402. The predicted octanol–water partition coefficient (Wildman–Crippen LogP) is 2.39. The van der Waals surface area contributed by atoms with Crippen molar-refractivity contribution in [2.45, 2.75) is 58.6 Å². The second-order valence-electron chi connectivity index (χ2n) is 5.72. The first-order valence-corrected chi connectivity index (χ1v) is 6.63. The van der Waals surface area contributed by atoms with Crippen LogP contribution in [0.5, 0.6) is 0 Å². The molecule has 4 nitrogen and oxygen atoms in total. The van der Waals surface area contributed by atoms with Gasteiger partial charge < -0.3 is 15.0 Å². The molecule has 0 saturated carbocycles. The Balaban J connectivity index is 2.40. The van der Waals surface area contributed by atoms with E-state index in [1.54, 1.807) is 0 Å². The second-order valence-corrected chi connectivity index (χ2v) is 5.72. The van der Waals surface area contributed by atoms with Crippen molar-refractivity contribution in [3.63, 3.8) is 0 Å². The van der Waals surface area contributed by atoms with Crippen molar-refractivity contribution < 1.29 is 9.53 Å². The van der Waals surface area contributed by atoms with Gasteiger partial charge in [-0.2, -0.15) is 0 Å². The zero-order valence-corrected chi connectivity index (χ0v) is 11.6. The summed E-state index contributed by atoms with van der Waals surface area (Å²) in [5.74, 6) is 0. The molecule has 1 saturated heterocycles. The van der Waals surface area contributed by atoms with Crippen LogP contribution in [0.3, 0.4) is 0 Å². The fourth-order valence-corrected chi connectivity index (χ4v) is 1.96. The highest BCUT2D eigenvalue weighted by atomic mass is 16.6. The van der Waals surface area contributed by atoms with Gasteiger partial charge >= 0.3 is 6.09 Å². The molecule has 0 radical (unpaired) electrons. The van der Waals surface area contributed by atoms with Crippen LogP contribution in [0.1, 0.15) is 47.0 Å². The number of piperazine rings is 1. The van der Waals surface area contributed by atoms with E-state index in [1.165, 1.54) is 12.8 Å². The van der Waals surface area contributed by atoms with Crippen LogP contribution in [0, 0.1) is 0 Å². The van der Waals surface area contributed by atoms with E-state index in [9.17, 15) is 4.79 Å². The first-order chi connectivity index (χ1) is 7.92. The monoisotopic (exact) mass is 242 g/mol. The number of rotatable bonds is 3. The molecule has 1 fully saturated rings. The minimum atomic E-state index is -0.402. The molecule has 4 heteroatoms. The molecule has 0 spiro atoms. The van der Waals surface area contributed by atoms with Gasteiger partial charge in [-0.15, -0.1) is 0 Å². The molecular formula is C13H26N2O2. The number of hydrogen-bond donors (Lipinski definition) is 1. The summed E-state index contributed by atoms with van der Waals surface area (Å²) in [6.45, 7) is 10.3. The number of nitrogens with zero attached hydrogens (tertiary/aromatic N) is 1. The van der Waals surface area contributed by atoms with Crippen molar-refractivity contribution in [1.29, 1.82) is 0 Å². The van der Waals surface area contributed by atoms with E-state index >= 15 is 0 Å². The second kappa shape index (κ2) is 6.24. The fraction of sp³-hybridized carbons (Fsp3) is 0.923. The van der Waals surface area contributed by atoms with E-state index < -0.39 is 5.60 Å². The van der Waals surface area contributed by atoms with Crippen LogP contribution in [-0.2, 0) is 4.74 Å². The minimum Gasteiger partial charge on any atom is -0.444 e. The zero-order chi connectivity index (χ0) is 12.9. The van der Waals surface area contributed by atoms with E-state index in [1.807, 2.05) is 25.7 Å². The van der Waals surface area contributed by atoms with Gasteiger partial charge in [0.25, 0.3) is 0 Å². The van der Waals surface area contributed by atoms with Crippen molar-refractivity contribution in [1.82, 2.24) is 10.2 Å². The number of ether oxygens (including phenoxy) is 1. The van der Waals surface area contributed by atoms with Gasteiger partial charge in [0.05, 0.1) is 0 Å². The number of amides is 1. The molecule has 1 atom stereocenters. The lowest BCUT2D eigenvalue weighted by Gasteiger charge is -2.34. The smallest absolute Gasteiger partial charge is 0.410 e. The van der Waals surface area contributed by atoms with Gasteiger partial charge in [-0.25, -0.2) is 4.79 Å². The first-order valence-electron chi connectivity index (χ1n) is 6.63. The number of carbonyl (C=O) groups is 1. The Morgan fingerprint density at radius 1 is 1.47 bits per heavy atom. The molecule has 0 aromatic carbocycles. The largest absolute Gasteiger partial charge is 0.444 e. The highest BCUT2D eigenvalue weighted by Gasteiger charge is 2.26. The molecular weight excluding hydrogens is 216 g/mol. The third kappa shape index (κ3) is 5.39. The Morgan fingerprint density at radius 3 is 2.76 bits per heavy atom. The minimum absolute atomic E-state index is 0.180. The molecule has 1 unspecified atom stereocenters. The Hall–Kier alpha value is -0.770. The van der Waals surface area contributed by atoms with Gasteiger partial charge in [0.1, 0.15) is 5.60 Å². The summed E-state index contributed by atoms with van der Waals surface area (Å²) >= 11 is 0. The lowest BCUT2D eigenvalue weighted by molar-refractivity contribution is 0.0192. The SMILES string of the molecule is CCCCC1CN(C(=O)OC(C)(C)C)CCN1. The number of unbranched alkanes of at least 4 members (excludes halogenated alkanes) is 1. The topological polar surface area (TPSA) is 41.6 Å². The summed E-state index contributed by atoms with van der Waals surface area (Å²) in [5, 5.41) is 3.45. The zero-order valence-electron chi connectivity index (χ0n) is 11.6. The maximum absolute atomic E-state index is 11.9. The predicted molar refractivity (Wildman–Crippen MR) is 69.1 cm³/mol. The van der Waals surface area contributed by atoms with Gasteiger partial charge in [-0.3, -0.25) is 0 Å². The first kappa shape index (κ1) is 14.3. The molecule has 1 aliphatic heterocycles. The van der Waals surface area contributed by atoms with Crippen LogP contribution in [0.15, 0.2) is 0 Å². The van der Waals surface area contributed by atoms with E-state index in [4.69, 9.17) is 4.74 Å². The van der Waals surface area contributed by atoms with Crippen molar-refractivity contribution in [2.75, 3.05) is 19.6 Å². The maximum Gasteiger partial charge on any atom is 0.410 e. The van der Waals surface area contributed by atoms with Gasteiger partial charge in [0, 0.05) is 25.7 Å². The molecule has 0 aromatic rings. The molecule has 0 bridgehead atoms. The molecule has 1 N–H and O–H groups in total. The average Bonchev–Trinajstić information content (AvgIpc) is 2.24. The number of nitrogens with one attached hydrogen (secondary N) is 1. The molecule has 1 rings (SSSR count). The van der Waals surface area contributed by atoms with Gasteiger partial charge in [-0.1, -0.05) is 19.8 Å². The van der Waals surface area contributed by atoms with Crippen LogP contribution in [0.2, 0.25) is 0 Å². The van der Waals surface area contributed by atoms with E-state index in [2.05, 4.69) is 12.2 Å². The van der Waals surface area contributed by atoms with Crippen LogP contribution in [0.25, 0.3) is 0 Å². The molecule has 17 heavy (non-hydrogen) atoms. The van der Waals surface area contributed by atoms with Crippen LogP contribution in [-0.4, -0.2) is 42.3 Å².